The van der Waals surface area contributed by atoms with Crippen LogP contribution in [0.25, 0.3) is 11.1 Å². The number of pyridine rings is 1. The van der Waals surface area contributed by atoms with Crippen molar-refractivity contribution in [2.45, 2.75) is 39.4 Å². The van der Waals surface area contributed by atoms with Crippen LogP contribution < -0.4 is 10.6 Å². The van der Waals surface area contributed by atoms with Gasteiger partial charge in [0, 0.05) is 23.6 Å². The Bertz CT molecular complexity index is 1120. The van der Waals surface area contributed by atoms with Crippen LogP contribution in [0, 0.1) is 12.8 Å². The van der Waals surface area contributed by atoms with Crippen LogP contribution in [-0.2, 0) is 11.0 Å². The summed E-state index contributed by atoms with van der Waals surface area (Å²) in [4.78, 5) is 23.2. The summed E-state index contributed by atoms with van der Waals surface area (Å²) in [5, 5.41) is 15.1. The van der Waals surface area contributed by atoms with E-state index in [-0.39, 0.29) is 11.9 Å². The number of benzene rings is 1. The lowest BCUT2D eigenvalue weighted by atomic mass is 10.0. The molecule has 0 amide bonds. The summed E-state index contributed by atoms with van der Waals surface area (Å²) in [6, 6.07) is 8.97. The van der Waals surface area contributed by atoms with Crippen molar-refractivity contribution in [3.8, 4) is 11.1 Å². The van der Waals surface area contributed by atoms with Crippen LogP contribution in [0.1, 0.15) is 31.5 Å². The number of carbonyl (C=O) groups is 1. The molecule has 0 aliphatic carbocycles. The first-order chi connectivity index (χ1) is 15.5. The molecule has 3 N–H and O–H groups in total. The van der Waals surface area contributed by atoms with Crippen molar-refractivity contribution in [1.29, 1.82) is 0 Å². The fourth-order valence-electron chi connectivity index (χ4n) is 3.25. The molecule has 0 saturated carbocycles. The van der Waals surface area contributed by atoms with Gasteiger partial charge in [0.2, 0.25) is 5.95 Å². The summed E-state index contributed by atoms with van der Waals surface area (Å²) < 4.78 is 38.7. The van der Waals surface area contributed by atoms with Crippen LogP contribution in [-0.4, -0.2) is 32.1 Å². The highest BCUT2D eigenvalue weighted by Crippen LogP contribution is 2.29. The predicted molar refractivity (Wildman–Crippen MR) is 119 cm³/mol. The molecule has 2 aromatic heterocycles. The van der Waals surface area contributed by atoms with Gasteiger partial charge < -0.3 is 15.7 Å². The van der Waals surface area contributed by atoms with Crippen molar-refractivity contribution in [2.24, 2.45) is 5.92 Å². The molecule has 0 saturated heterocycles. The number of halogens is 3. The van der Waals surface area contributed by atoms with Crippen molar-refractivity contribution < 1.29 is 23.1 Å². The van der Waals surface area contributed by atoms with E-state index in [9.17, 15) is 23.1 Å². The van der Waals surface area contributed by atoms with Gasteiger partial charge in [-0.1, -0.05) is 19.9 Å². The van der Waals surface area contributed by atoms with E-state index in [1.54, 1.807) is 30.5 Å². The number of aromatic nitrogens is 3. The van der Waals surface area contributed by atoms with Gasteiger partial charge >= 0.3 is 12.1 Å². The second kappa shape index (κ2) is 9.85. The van der Waals surface area contributed by atoms with Crippen LogP contribution in [0.3, 0.4) is 0 Å². The molecule has 174 valence electrons. The molecule has 2 heterocycles. The molecule has 0 unspecified atom stereocenters. The maximum absolute atomic E-state index is 12.9. The van der Waals surface area contributed by atoms with Crippen LogP contribution in [0.2, 0.25) is 0 Å². The normalized spacial score (nSPS) is 12.5. The number of nitrogens with zero attached hydrogens (tertiary/aromatic N) is 3. The van der Waals surface area contributed by atoms with Gasteiger partial charge in [-0.25, -0.2) is 19.7 Å². The quantitative estimate of drug-likeness (QED) is 0.408. The summed E-state index contributed by atoms with van der Waals surface area (Å²) in [5.41, 5.74) is 1.90. The Morgan fingerprint density at radius 3 is 2.45 bits per heavy atom. The molecule has 0 radical (unpaired) electrons. The average Bonchev–Trinajstić information content (AvgIpc) is 2.72. The number of carboxylic acid groups (broad SMARTS) is 1. The Hall–Kier alpha value is -3.69. The van der Waals surface area contributed by atoms with E-state index in [2.05, 4.69) is 25.6 Å². The second-order valence-electron chi connectivity index (χ2n) is 8.07. The van der Waals surface area contributed by atoms with Crippen molar-refractivity contribution in [3.05, 3.63) is 60.0 Å². The molecule has 0 bridgehead atoms. The zero-order chi connectivity index (χ0) is 24.2. The van der Waals surface area contributed by atoms with Gasteiger partial charge in [0.1, 0.15) is 17.6 Å². The predicted octanol–water partition coefficient (Wildman–Crippen LogP) is 5.52. The molecule has 0 spiro atoms. The monoisotopic (exact) mass is 459 g/mol. The fourth-order valence-corrected chi connectivity index (χ4v) is 3.25. The Morgan fingerprint density at radius 2 is 1.85 bits per heavy atom. The standard InChI is InChI=1S/C23H24F3N5O2/c1-13(2)8-18(21(32)33)30-20-5-4-15(12-28-20)16-9-14(3)10-17(11-16)29-22-27-7-6-19(31-22)23(24,25)26/h4-7,9-13,18H,8H2,1-3H3,(H,28,30)(H,32,33)(H,27,29,31)/t18-/m0/s1. The first-order valence-corrected chi connectivity index (χ1v) is 10.3. The number of hydrogen-bond acceptors (Lipinski definition) is 6. The van der Waals surface area contributed by atoms with Crippen molar-refractivity contribution in [1.82, 2.24) is 15.0 Å². The summed E-state index contributed by atoms with van der Waals surface area (Å²) in [6.45, 7) is 5.75. The second-order valence-corrected chi connectivity index (χ2v) is 8.07. The molecule has 0 aliphatic rings. The number of nitrogens with one attached hydrogen (secondary N) is 2. The van der Waals surface area contributed by atoms with Crippen molar-refractivity contribution in [3.63, 3.8) is 0 Å². The largest absolute Gasteiger partial charge is 0.480 e. The van der Waals surface area contributed by atoms with E-state index in [0.717, 1.165) is 29.0 Å². The summed E-state index contributed by atoms with van der Waals surface area (Å²) in [6.07, 6.45) is -1.44. The zero-order valence-electron chi connectivity index (χ0n) is 18.3. The number of alkyl halides is 3. The number of anilines is 3. The maximum atomic E-state index is 12.9. The Morgan fingerprint density at radius 1 is 1.09 bits per heavy atom. The Labute approximate surface area is 189 Å². The lowest BCUT2D eigenvalue weighted by molar-refractivity contribution is -0.141. The first kappa shape index (κ1) is 24.0. The topological polar surface area (TPSA) is 100 Å². The van der Waals surface area contributed by atoms with Gasteiger partial charge in [-0.3, -0.25) is 0 Å². The number of hydrogen-bond donors (Lipinski definition) is 3. The highest BCUT2D eigenvalue weighted by molar-refractivity contribution is 5.77. The van der Waals surface area contributed by atoms with E-state index in [4.69, 9.17) is 0 Å². The molecule has 10 heteroatoms. The summed E-state index contributed by atoms with van der Waals surface area (Å²) >= 11 is 0. The molecule has 1 aromatic carbocycles. The van der Waals surface area contributed by atoms with Crippen molar-refractivity contribution in [2.75, 3.05) is 10.6 Å². The highest BCUT2D eigenvalue weighted by atomic mass is 19.4. The van der Waals surface area contributed by atoms with Gasteiger partial charge in [0.05, 0.1) is 0 Å². The lowest BCUT2D eigenvalue weighted by Crippen LogP contribution is -2.31. The van der Waals surface area contributed by atoms with Crippen LogP contribution in [0.4, 0.5) is 30.6 Å². The Balaban J connectivity index is 1.80. The molecule has 3 rings (SSSR count). The third-order valence-corrected chi connectivity index (χ3v) is 4.70. The number of rotatable bonds is 8. The fraction of sp³-hybridized carbons (Fsp3) is 0.304. The molecular weight excluding hydrogens is 435 g/mol. The average molecular weight is 459 g/mol. The van der Waals surface area contributed by atoms with Crippen LogP contribution >= 0.6 is 0 Å². The van der Waals surface area contributed by atoms with E-state index in [1.165, 1.54) is 0 Å². The molecule has 33 heavy (non-hydrogen) atoms. The number of aliphatic carboxylic acids is 1. The van der Waals surface area contributed by atoms with Gasteiger partial charge in [-0.05, 0) is 60.7 Å². The highest BCUT2D eigenvalue weighted by Gasteiger charge is 2.32. The van der Waals surface area contributed by atoms with E-state index in [0.29, 0.717) is 17.9 Å². The number of aryl methyl sites for hydroxylation is 1. The first-order valence-electron chi connectivity index (χ1n) is 10.3. The minimum atomic E-state index is -4.56. The summed E-state index contributed by atoms with van der Waals surface area (Å²) in [5.74, 6) is -0.461. The summed E-state index contributed by atoms with van der Waals surface area (Å²) in [7, 11) is 0. The van der Waals surface area contributed by atoms with Crippen LogP contribution in [0.15, 0.2) is 48.8 Å². The molecule has 0 aliphatic heterocycles. The van der Waals surface area contributed by atoms with E-state index < -0.39 is 23.9 Å². The molecule has 7 nitrogen and oxygen atoms in total. The number of carboxylic acids is 1. The van der Waals surface area contributed by atoms with Gasteiger partial charge in [-0.2, -0.15) is 13.2 Å². The van der Waals surface area contributed by atoms with E-state index in [1.807, 2.05) is 26.8 Å². The van der Waals surface area contributed by atoms with Crippen LogP contribution in [0.5, 0.6) is 0 Å². The van der Waals surface area contributed by atoms with Gasteiger partial charge in [-0.15, -0.1) is 0 Å². The lowest BCUT2D eigenvalue weighted by Gasteiger charge is -2.17. The van der Waals surface area contributed by atoms with Gasteiger partial charge in [0.15, 0.2) is 0 Å². The minimum Gasteiger partial charge on any atom is -0.480 e. The molecular formula is C23H24F3N5O2. The third kappa shape index (κ3) is 6.64. The zero-order valence-corrected chi connectivity index (χ0v) is 18.3. The molecule has 0 fully saturated rings. The van der Waals surface area contributed by atoms with Gasteiger partial charge in [0.25, 0.3) is 0 Å². The molecule has 1 atom stereocenters. The van der Waals surface area contributed by atoms with Crippen molar-refractivity contribution >= 4 is 23.4 Å². The maximum Gasteiger partial charge on any atom is 0.433 e. The minimum absolute atomic E-state index is 0.163. The smallest absolute Gasteiger partial charge is 0.433 e. The third-order valence-electron chi connectivity index (χ3n) is 4.70. The SMILES string of the molecule is Cc1cc(Nc2nccc(C(F)(F)F)n2)cc(-c2ccc(N[C@@H](CC(C)C)C(=O)O)nc2)c1. The Kier molecular flexibility index (Phi) is 7.15. The van der Waals surface area contributed by atoms with E-state index >= 15 is 0 Å². The molecule has 3 aromatic rings.